The van der Waals surface area contributed by atoms with Gasteiger partial charge < -0.3 is 14.5 Å². The zero-order chi connectivity index (χ0) is 22.2. The third-order valence-corrected chi connectivity index (χ3v) is 7.38. The lowest BCUT2D eigenvalue weighted by Gasteiger charge is -2.31. The minimum Gasteiger partial charge on any atom is -0.495 e. The minimum atomic E-state index is -3.85. The first-order valence-corrected chi connectivity index (χ1v) is 11.3. The van der Waals surface area contributed by atoms with E-state index in [0.29, 0.717) is 36.3 Å². The van der Waals surface area contributed by atoms with Crippen molar-refractivity contribution < 1.29 is 22.4 Å². The van der Waals surface area contributed by atoms with Gasteiger partial charge in [0, 0.05) is 26.2 Å². The van der Waals surface area contributed by atoms with Crippen molar-refractivity contribution in [3.05, 3.63) is 53.0 Å². The molecule has 1 N–H and O–H groups in total. The van der Waals surface area contributed by atoms with Crippen LogP contribution in [0.2, 0.25) is 0 Å². The Labute approximate surface area is 179 Å². The van der Waals surface area contributed by atoms with E-state index >= 15 is 0 Å². The fraction of sp³-hybridized carbons (Fsp3) is 0.333. The summed E-state index contributed by atoms with van der Waals surface area (Å²) in [4.78, 5) is 24.5. The van der Waals surface area contributed by atoms with Gasteiger partial charge in [0.1, 0.15) is 5.75 Å². The van der Waals surface area contributed by atoms with E-state index in [0.717, 1.165) is 0 Å². The van der Waals surface area contributed by atoms with Gasteiger partial charge in [0.05, 0.1) is 29.1 Å². The van der Waals surface area contributed by atoms with Crippen molar-refractivity contribution in [2.75, 3.05) is 25.5 Å². The quantitative estimate of drug-likeness (QED) is 0.644. The summed E-state index contributed by atoms with van der Waals surface area (Å²) < 4.78 is 39.4. The molecule has 164 valence electrons. The maximum Gasteiger partial charge on any atom is 0.419 e. The lowest BCUT2D eigenvalue weighted by Crippen LogP contribution is -2.43. The number of ether oxygens (including phenoxy) is 1. The molecule has 2 aromatic carbocycles. The minimum absolute atomic E-state index is 0.0279. The molecule has 3 aromatic rings. The van der Waals surface area contributed by atoms with Crippen molar-refractivity contribution in [2.45, 2.75) is 17.7 Å². The summed E-state index contributed by atoms with van der Waals surface area (Å²) >= 11 is 0. The number of oxazole rings is 1. The molecule has 4 rings (SSSR count). The molecule has 1 fully saturated rings. The number of benzene rings is 2. The third kappa shape index (κ3) is 3.96. The molecule has 0 bridgehead atoms. The van der Waals surface area contributed by atoms with Gasteiger partial charge in [0.2, 0.25) is 15.9 Å². The predicted molar refractivity (Wildman–Crippen MR) is 115 cm³/mol. The Hall–Kier alpha value is -3.11. The molecular formula is C21H23N3O6S. The number of para-hydroxylation sites is 2. The molecule has 0 unspecified atom stereocenters. The second-order valence-corrected chi connectivity index (χ2v) is 9.39. The molecular weight excluding hydrogens is 422 g/mol. The zero-order valence-corrected chi connectivity index (χ0v) is 18.0. The van der Waals surface area contributed by atoms with E-state index in [1.54, 1.807) is 37.4 Å². The number of methoxy groups -OCH3 is 1. The van der Waals surface area contributed by atoms with E-state index in [1.165, 1.54) is 28.1 Å². The van der Waals surface area contributed by atoms with E-state index in [-0.39, 0.29) is 22.9 Å². The van der Waals surface area contributed by atoms with Crippen LogP contribution in [0, 0.1) is 5.92 Å². The summed E-state index contributed by atoms with van der Waals surface area (Å²) in [5.74, 6) is -0.773. The number of anilines is 1. The van der Waals surface area contributed by atoms with Crippen LogP contribution in [0.5, 0.6) is 5.75 Å². The Morgan fingerprint density at radius 1 is 1.23 bits per heavy atom. The van der Waals surface area contributed by atoms with Crippen LogP contribution in [0.4, 0.5) is 5.69 Å². The lowest BCUT2D eigenvalue weighted by molar-refractivity contribution is -0.120. The number of carbonyl (C=O) groups excluding carboxylic acids is 1. The monoisotopic (exact) mass is 445 g/mol. The average molecular weight is 445 g/mol. The molecule has 1 aliphatic rings. The summed E-state index contributed by atoms with van der Waals surface area (Å²) in [6, 6.07) is 11.4. The molecule has 1 aromatic heterocycles. The Morgan fingerprint density at radius 3 is 2.77 bits per heavy atom. The van der Waals surface area contributed by atoms with Crippen LogP contribution in [0.25, 0.3) is 11.1 Å². The van der Waals surface area contributed by atoms with Crippen molar-refractivity contribution in [3.63, 3.8) is 0 Å². The molecule has 31 heavy (non-hydrogen) atoms. The SMILES string of the molecule is COc1ccccc1NC(=O)[C@H]1CCCN(S(=O)(=O)c2ccc3c(c2)oc(=O)n3C)C1. The number of carbonyl (C=O) groups is 1. The van der Waals surface area contributed by atoms with Gasteiger partial charge in [0.25, 0.3) is 0 Å². The Morgan fingerprint density at radius 2 is 2.00 bits per heavy atom. The second-order valence-electron chi connectivity index (χ2n) is 7.45. The van der Waals surface area contributed by atoms with E-state index in [9.17, 15) is 18.0 Å². The molecule has 0 aliphatic carbocycles. The number of fused-ring (bicyclic) bond motifs is 1. The Bertz CT molecular complexity index is 1290. The van der Waals surface area contributed by atoms with Gasteiger partial charge in [0.15, 0.2) is 5.58 Å². The molecule has 10 heteroatoms. The number of piperidine rings is 1. The van der Waals surface area contributed by atoms with E-state index in [1.807, 2.05) is 0 Å². The molecule has 2 heterocycles. The summed E-state index contributed by atoms with van der Waals surface area (Å²) in [5, 5.41) is 2.84. The number of hydrogen-bond acceptors (Lipinski definition) is 6. The molecule has 1 aliphatic heterocycles. The number of hydrogen-bond donors (Lipinski definition) is 1. The smallest absolute Gasteiger partial charge is 0.419 e. The molecule has 0 saturated carbocycles. The Kier molecular flexibility index (Phi) is 5.59. The lowest BCUT2D eigenvalue weighted by atomic mass is 9.98. The van der Waals surface area contributed by atoms with E-state index in [2.05, 4.69) is 5.32 Å². The van der Waals surface area contributed by atoms with Crippen LogP contribution in [0.1, 0.15) is 12.8 Å². The van der Waals surface area contributed by atoms with Gasteiger partial charge in [-0.3, -0.25) is 9.36 Å². The molecule has 0 spiro atoms. The number of aromatic nitrogens is 1. The molecule has 0 radical (unpaired) electrons. The zero-order valence-electron chi connectivity index (χ0n) is 17.2. The second kappa shape index (κ2) is 8.20. The van der Waals surface area contributed by atoms with Crippen molar-refractivity contribution in [1.29, 1.82) is 0 Å². The van der Waals surface area contributed by atoms with Gasteiger partial charge in [-0.15, -0.1) is 0 Å². The number of aryl methyl sites for hydroxylation is 1. The summed E-state index contributed by atoms with van der Waals surface area (Å²) in [5.41, 5.74) is 1.26. The van der Waals surface area contributed by atoms with Crippen LogP contribution >= 0.6 is 0 Å². The summed E-state index contributed by atoms with van der Waals surface area (Å²) in [6.07, 6.45) is 1.14. The maximum absolute atomic E-state index is 13.2. The standard InChI is InChI=1S/C21H23N3O6S/c1-23-17-10-9-15(12-19(17)30-21(23)26)31(27,28)24-11-5-6-14(13-24)20(25)22-16-7-3-4-8-18(16)29-2/h3-4,7-10,12,14H,5-6,11,13H2,1-2H3,(H,22,25)/t14-/m0/s1. The number of sulfonamides is 1. The summed E-state index contributed by atoms with van der Waals surface area (Å²) in [7, 11) is -0.779. The number of rotatable bonds is 5. The van der Waals surface area contributed by atoms with Crippen molar-refractivity contribution in [3.8, 4) is 5.75 Å². The summed E-state index contributed by atoms with van der Waals surface area (Å²) in [6.45, 7) is 0.387. The van der Waals surface area contributed by atoms with Crippen LogP contribution in [-0.4, -0.2) is 43.4 Å². The topological polar surface area (TPSA) is 111 Å². The van der Waals surface area contributed by atoms with Gasteiger partial charge in [-0.25, -0.2) is 13.2 Å². The maximum atomic E-state index is 13.2. The van der Waals surface area contributed by atoms with Crippen molar-refractivity contribution in [1.82, 2.24) is 8.87 Å². The number of nitrogens with one attached hydrogen (secondary N) is 1. The first-order valence-electron chi connectivity index (χ1n) is 9.85. The Balaban J connectivity index is 1.54. The highest BCUT2D eigenvalue weighted by molar-refractivity contribution is 7.89. The fourth-order valence-corrected chi connectivity index (χ4v) is 5.32. The first kappa shape index (κ1) is 21.1. The third-order valence-electron chi connectivity index (χ3n) is 5.52. The van der Waals surface area contributed by atoms with Gasteiger partial charge >= 0.3 is 5.76 Å². The van der Waals surface area contributed by atoms with Gasteiger partial charge in [-0.2, -0.15) is 4.31 Å². The fourth-order valence-electron chi connectivity index (χ4n) is 3.78. The van der Waals surface area contributed by atoms with Crippen molar-refractivity contribution in [2.24, 2.45) is 13.0 Å². The first-order chi connectivity index (χ1) is 14.8. The van der Waals surface area contributed by atoms with E-state index < -0.39 is 21.7 Å². The molecule has 1 amide bonds. The predicted octanol–water partition coefficient (Wildman–Crippen LogP) is 2.18. The number of amides is 1. The van der Waals surface area contributed by atoms with Gasteiger partial charge in [-0.1, -0.05) is 12.1 Å². The average Bonchev–Trinajstić information content (AvgIpc) is 3.07. The number of nitrogens with zero attached hydrogens (tertiary/aromatic N) is 2. The normalized spacial score (nSPS) is 17.5. The van der Waals surface area contributed by atoms with Crippen LogP contribution < -0.4 is 15.8 Å². The molecule has 1 atom stereocenters. The largest absolute Gasteiger partial charge is 0.495 e. The van der Waals surface area contributed by atoms with Gasteiger partial charge in [-0.05, 0) is 37.1 Å². The van der Waals surface area contributed by atoms with E-state index in [4.69, 9.17) is 9.15 Å². The highest BCUT2D eigenvalue weighted by Crippen LogP contribution is 2.28. The van der Waals surface area contributed by atoms with Crippen LogP contribution in [0.15, 0.2) is 56.6 Å². The van der Waals surface area contributed by atoms with Crippen molar-refractivity contribution >= 4 is 32.7 Å². The highest BCUT2D eigenvalue weighted by Gasteiger charge is 2.34. The van der Waals surface area contributed by atoms with Crippen LogP contribution in [0.3, 0.4) is 0 Å². The molecule has 1 saturated heterocycles. The highest BCUT2D eigenvalue weighted by atomic mass is 32.2. The van der Waals surface area contributed by atoms with Crippen LogP contribution in [-0.2, 0) is 21.9 Å². The molecule has 9 nitrogen and oxygen atoms in total.